The summed E-state index contributed by atoms with van der Waals surface area (Å²) < 4.78 is 26.5. The number of hydrogen-bond donors (Lipinski definition) is 0. The van der Waals surface area contributed by atoms with Gasteiger partial charge in [0.15, 0.2) is 11.6 Å². The van der Waals surface area contributed by atoms with E-state index in [4.69, 9.17) is 0 Å². The molecule has 2 heterocycles. The second-order valence-corrected chi connectivity index (χ2v) is 6.58. The van der Waals surface area contributed by atoms with Crippen LogP contribution in [0.15, 0.2) is 35.7 Å². The first-order valence-corrected chi connectivity index (χ1v) is 8.44. The Hall–Kier alpha value is -2.28. The predicted molar refractivity (Wildman–Crippen MR) is 88.1 cm³/mol. The van der Waals surface area contributed by atoms with Crippen molar-refractivity contribution in [2.75, 3.05) is 18.5 Å². The van der Waals surface area contributed by atoms with E-state index in [1.807, 2.05) is 5.38 Å². The number of anilines is 1. The highest BCUT2D eigenvalue weighted by Gasteiger charge is 2.36. The summed E-state index contributed by atoms with van der Waals surface area (Å²) in [6.07, 6.45) is 1.29. The SMILES string of the molecule is CN(C(=O)[C@@H]1CCCN1C(=O)c1cccs1)c1ccc(F)c(F)c1. The third kappa shape index (κ3) is 3.03. The highest BCUT2D eigenvalue weighted by Crippen LogP contribution is 2.25. The second-order valence-electron chi connectivity index (χ2n) is 5.63. The molecule has 7 heteroatoms. The highest BCUT2D eigenvalue weighted by atomic mass is 32.1. The van der Waals surface area contributed by atoms with Crippen molar-refractivity contribution in [2.24, 2.45) is 0 Å². The molecule has 0 unspecified atom stereocenters. The Kier molecular flexibility index (Phi) is 4.62. The molecule has 1 aliphatic rings. The van der Waals surface area contributed by atoms with Crippen LogP contribution in [0, 0.1) is 11.6 Å². The first kappa shape index (κ1) is 16.6. The van der Waals surface area contributed by atoms with Crippen molar-refractivity contribution in [3.63, 3.8) is 0 Å². The third-order valence-electron chi connectivity index (χ3n) is 4.15. The highest BCUT2D eigenvalue weighted by molar-refractivity contribution is 7.12. The Morgan fingerprint density at radius 1 is 1.25 bits per heavy atom. The molecular formula is C17H16F2N2O2S. The van der Waals surface area contributed by atoms with Crippen LogP contribution in [0.1, 0.15) is 22.5 Å². The minimum atomic E-state index is -1.01. The van der Waals surface area contributed by atoms with Crippen molar-refractivity contribution >= 4 is 28.8 Å². The number of carbonyl (C=O) groups excluding carboxylic acids is 2. The quantitative estimate of drug-likeness (QED) is 0.852. The van der Waals surface area contributed by atoms with Gasteiger partial charge in [0.25, 0.3) is 5.91 Å². The van der Waals surface area contributed by atoms with Crippen LogP contribution in [0.4, 0.5) is 14.5 Å². The summed E-state index contributed by atoms with van der Waals surface area (Å²) in [5, 5.41) is 1.81. The lowest BCUT2D eigenvalue weighted by Crippen LogP contribution is -2.46. The molecule has 1 fully saturated rings. The summed E-state index contributed by atoms with van der Waals surface area (Å²) >= 11 is 1.33. The molecule has 3 rings (SSSR count). The molecule has 2 aromatic rings. The molecule has 0 spiro atoms. The van der Waals surface area contributed by atoms with Gasteiger partial charge in [-0.3, -0.25) is 9.59 Å². The number of halogens is 2. The van der Waals surface area contributed by atoms with Gasteiger partial charge in [0.05, 0.1) is 4.88 Å². The lowest BCUT2D eigenvalue weighted by Gasteiger charge is -2.28. The summed E-state index contributed by atoms with van der Waals surface area (Å²) in [5.74, 6) is -2.44. The summed E-state index contributed by atoms with van der Waals surface area (Å²) in [6, 6.07) is 6.24. The van der Waals surface area contributed by atoms with E-state index in [0.29, 0.717) is 17.8 Å². The maximum Gasteiger partial charge on any atom is 0.264 e. The smallest absolute Gasteiger partial charge is 0.264 e. The fourth-order valence-electron chi connectivity index (χ4n) is 2.85. The van der Waals surface area contributed by atoms with E-state index in [1.165, 1.54) is 29.4 Å². The van der Waals surface area contributed by atoms with Crippen LogP contribution in [0.3, 0.4) is 0 Å². The average Bonchev–Trinajstić information content (AvgIpc) is 3.26. The lowest BCUT2D eigenvalue weighted by atomic mass is 10.1. The molecule has 1 aromatic carbocycles. The summed E-state index contributed by atoms with van der Waals surface area (Å²) in [6.45, 7) is 0.513. The van der Waals surface area contributed by atoms with Crippen molar-refractivity contribution in [1.82, 2.24) is 4.90 Å². The Morgan fingerprint density at radius 3 is 2.71 bits per heavy atom. The minimum Gasteiger partial charge on any atom is -0.326 e. The normalized spacial score (nSPS) is 17.1. The molecule has 1 atom stereocenters. The van der Waals surface area contributed by atoms with E-state index in [0.717, 1.165) is 18.6 Å². The number of nitrogens with zero attached hydrogens (tertiary/aromatic N) is 2. The Balaban J connectivity index is 1.80. The van der Waals surface area contributed by atoms with Gasteiger partial charge in [-0.05, 0) is 36.4 Å². The number of rotatable bonds is 3. The fourth-order valence-corrected chi connectivity index (χ4v) is 3.53. The number of likely N-dealkylation sites (N-methyl/N-ethyl adjacent to an activating group) is 1. The number of benzene rings is 1. The maximum atomic E-state index is 13.4. The zero-order valence-corrected chi connectivity index (χ0v) is 13.9. The van der Waals surface area contributed by atoms with Gasteiger partial charge < -0.3 is 9.80 Å². The fraction of sp³-hybridized carbons (Fsp3) is 0.294. The van der Waals surface area contributed by atoms with E-state index in [-0.39, 0.29) is 17.5 Å². The van der Waals surface area contributed by atoms with Crippen LogP contribution < -0.4 is 4.90 Å². The number of carbonyl (C=O) groups is 2. The average molecular weight is 350 g/mol. The van der Waals surface area contributed by atoms with E-state index >= 15 is 0 Å². The molecule has 0 bridgehead atoms. The number of likely N-dealkylation sites (tertiary alicyclic amines) is 1. The van der Waals surface area contributed by atoms with E-state index < -0.39 is 17.7 Å². The van der Waals surface area contributed by atoms with Crippen LogP contribution in [0.2, 0.25) is 0 Å². The van der Waals surface area contributed by atoms with Gasteiger partial charge in [0.2, 0.25) is 5.91 Å². The molecule has 4 nitrogen and oxygen atoms in total. The second kappa shape index (κ2) is 6.68. The molecule has 0 saturated carbocycles. The molecule has 24 heavy (non-hydrogen) atoms. The van der Waals surface area contributed by atoms with Crippen molar-refractivity contribution in [3.8, 4) is 0 Å². The first-order valence-electron chi connectivity index (χ1n) is 7.56. The summed E-state index contributed by atoms with van der Waals surface area (Å²) in [7, 11) is 1.50. The molecule has 0 radical (unpaired) electrons. The Morgan fingerprint density at radius 2 is 2.04 bits per heavy atom. The molecule has 1 aliphatic heterocycles. The van der Waals surface area contributed by atoms with Crippen LogP contribution in [0.5, 0.6) is 0 Å². The van der Waals surface area contributed by atoms with Gasteiger partial charge in [-0.1, -0.05) is 6.07 Å². The van der Waals surface area contributed by atoms with Crippen LogP contribution in [0.25, 0.3) is 0 Å². The number of amides is 2. The zero-order valence-electron chi connectivity index (χ0n) is 13.0. The van der Waals surface area contributed by atoms with Gasteiger partial charge >= 0.3 is 0 Å². The van der Waals surface area contributed by atoms with Gasteiger partial charge in [-0.25, -0.2) is 8.78 Å². The Labute approximate surface area is 142 Å². The zero-order chi connectivity index (χ0) is 17.3. The molecular weight excluding hydrogens is 334 g/mol. The number of thiophene rings is 1. The predicted octanol–water partition coefficient (Wildman–Crippen LogP) is 3.29. The maximum absolute atomic E-state index is 13.4. The molecule has 126 valence electrons. The first-order chi connectivity index (χ1) is 11.5. The van der Waals surface area contributed by atoms with Crippen molar-refractivity contribution in [2.45, 2.75) is 18.9 Å². The van der Waals surface area contributed by atoms with E-state index in [1.54, 1.807) is 17.0 Å². The van der Waals surface area contributed by atoms with Crippen LogP contribution >= 0.6 is 11.3 Å². The molecule has 1 aromatic heterocycles. The largest absolute Gasteiger partial charge is 0.326 e. The number of hydrogen-bond acceptors (Lipinski definition) is 3. The van der Waals surface area contributed by atoms with E-state index in [9.17, 15) is 18.4 Å². The molecule has 1 saturated heterocycles. The third-order valence-corrected chi connectivity index (χ3v) is 5.01. The van der Waals surface area contributed by atoms with Crippen molar-refractivity contribution in [1.29, 1.82) is 0 Å². The molecule has 2 amide bonds. The van der Waals surface area contributed by atoms with Gasteiger partial charge in [0, 0.05) is 25.3 Å². The van der Waals surface area contributed by atoms with Crippen molar-refractivity contribution < 1.29 is 18.4 Å². The van der Waals surface area contributed by atoms with Gasteiger partial charge in [-0.2, -0.15) is 0 Å². The molecule has 0 aliphatic carbocycles. The Bertz CT molecular complexity index is 764. The lowest BCUT2D eigenvalue weighted by molar-refractivity contribution is -0.121. The van der Waals surface area contributed by atoms with E-state index in [2.05, 4.69) is 0 Å². The van der Waals surface area contributed by atoms with Crippen LogP contribution in [-0.4, -0.2) is 36.3 Å². The van der Waals surface area contributed by atoms with Crippen molar-refractivity contribution in [3.05, 3.63) is 52.2 Å². The standard InChI is InChI=1S/C17H16F2N2O2S/c1-20(11-6-7-12(18)13(19)10-11)16(22)14-4-2-8-21(14)17(23)15-5-3-9-24-15/h3,5-7,9-10,14H,2,4,8H2,1H3/t14-/m0/s1. The monoisotopic (exact) mass is 350 g/mol. The summed E-state index contributed by atoms with van der Waals surface area (Å²) in [4.78, 5) is 28.7. The molecule has 0 N–H and O–H groups in total. The van der Waals surface area contributed by atoms with Gasteiger partial charge in [0.1, 0.15) is 6.04 Å². The van der Waals surface area contributed by atoms with Crippen LogP contribution in [-0.2, 0) is 4.79 Å². The topological polar surface area (TPSA) is 40.6 Å². The van der Waals surface area contributed by atoms with Gasteiger partial charge in [-0.15, -0.1) is 11.3 Å². The minimum absolute atomic E-state index is 0.167. The summed E-state index contributed by atoms with van der Waals surface area (Å²) in [5.41, 5.74) is 0.259.